The second kappa shape index (κ2) is 11.7. The zero-order valence-electron chi connectivity index (χ0n) is 26.2. The summed E-state index contributed by atoms with van der Waals surface area (Å²) >= 11 is 0. The van der Waals surface area contributed by atoms with Crippen LogP contribution in [0.25, 0.3) is 32.3 Å². The molecule has 0 bridgehead atoms. The van der Waals surface area contributed by atoms with Gasteiger partial charge < -0.3 is 9.80 Å². The first kappa shape index (κ1) is 27.9. The fourth-order valence-corrected chi connectivity index (χ4v) is 6.90. The molecule has 0 aliphatic heterocycles. The first-order valence-corrected chi connectivity index (χ1v) is 16.2. The Kier molecular flexibility index (Phi) is 7.11. The van der Waals surface area contributed by atoms with E-state index < -0.39 is 0 Å². The van der Waals surface area contributed by atoms with E-state index in [1.807, 2.05) is 0 Å². The minimum absolute atomic E-state index is 0.987. The average Bonchev–Trinajstić information content (AvgIpc) is 3.13. The van der Waals surface area contributed by atoms with Crippen LogP contribution in [0.3, 0.4) is 0 Å². The highest BCUT2D eigenvalue weighted by molar-refractivity contribution is 6.28. The van der Waals surface area contributed by atoms with Crippen molar-refractivity contribution in [1.29, 1.82) is 0 Å². The fraction of sp³-hybridized carbons (Fsp3) is 0.0909. The molecular weight excluding hydrogens is 556 g/mol. The van der Waals surface area contributed by atoms with Gasteiger partial charge in [-0.3, -0.25) is 0 Å². The molecule has 8 aromatic rings. The molecule has 0 aliphatic carbocycles. The summed E-state index contributed by atoms with van der Waals surface area (Å²) in [5, 5.41) is 7.42. The first-order valence-electron chi connectivity index (χ1n) is 16.2. The van der Waals surface area contributed by atoms with Crippen LogP contribution in [0.1, 0.15) is 25.0 Å². The smallest absolute Gasteiger partial charge is 0.0619 e. The lowest BCUT2D eigenvalue weighted by atomic mass is 9.91. The Hall–Kier alpha value is -5.60. The van der Waals surface area contributed by atoms with Crippen molar-refractivity contribution in [2.75, 3.05) is 9.80 Å². The Morgan fingerprint density at radius 3 is 1.63 bits per heavy atom. The molecule has 0 heterocycles. The molecule has 2 heteroatoms. The second-order valence-corrected chi connectivity index (χ2v) is 11.9. The van der Waals surface area contributed by atoms with E-state index in [-0.39, 0.29) is 0 Å². The maximum Gasteiger partial charge on any atom is 0.0619 e. The van der Waals surface area contributed by atoms with Crippen LogP contribution >= 0.6 is 0 Å². The monoisotopic (exact) mass is 591 g/mol. The second-order valence-electron chi connectivity index (χ2n) is 11.9. The number of hydrogen-bond donors (Lipinski definition) is 0. The van der Waals surface area contributed by atoms with Gasteiger partial charge in [-0.1, -0.05) is 105 Å². The quantitative estimate of drug-likeness (QED) is 0.162. The zero-order valence-corrected chi connectivity index (χ0v) is 26.2. The molecule has 221 valence electrons. The topological polar surface area (TPSA) is 6.48 Å². The molecule has 1 radical (unpaired) electrons. The molecule has 0 aromatic heterocycles. The van der Waals surface area contributed by atoms with Gasteiger partial charge in [0.05, 0.1) is 11.4 Å². The van der Waals surface area contributed by atoms with Crippen LogP contribution < -0.4 is 9.80 Å². The van der Waals surface area contributed by atoms with Crippen LogP contribution in [-0.4, -0.2) is 0 Å². The predicted molar refractivity (Wildman–Crippen MR) is 197 cm³/mol. The summed E-state index contributed by atoms with van der Waals surface area (Å²) in [4.78, 5) is 4.77. The third-order valence-corrected chi connectivity index (χ3v) is 9.19. The molecule has 0 N–H and O–H groups in total. The summed E-state index contributed by atoms with van der Waals surface area (Å²) in [5.41, 5.74) is 9.44. The Balaban J connectivity index is 1.40. The van der Waals surface area contributed by atoms with Crippen molar-refractivity contribution in [3.05, 3.63) is 169 Å². The lowest BCUT2D eigenvalue weighted by Crippen LogP contribution is -2.12. The highest BCUT2D eigenvalue weighted by atomic mass is 15.1. The molecule has 2 nitrogen and oxygen atoms in total. The van der Waals surface area contributed by atoms with E-state index in [4.69, 9.17) is 0 Å². The molecule has 0 fully saturated rings. The Morgan fingerprint density at radius 2 is 0.978 bits per heavy atom. The predicted octanol–water partition coefficient (Wildman–Crippen LogP) is 12.4. The summed E-state index contributed by atoms with van der Waals surface area (Å²) < 4.78 is 0. The number of rotatable bonds is 8. The third-order valence-electron chi connectivity index (χ3n) is 9.19. The van der Waals surface area contributed by atoms with Crippen molar-refractivity contribution in [1.82, 2.24) is 0 Å². The molecule has 46 heavy (non-hydrogen) atoms. The lowest BCUT2D eigenvalue weighted by molar-refractivity contribution is 1.13. The largest absolute Gasteiger partial charge is 0.310 e. The van der Waals surface area contributed by atoms with Gasteiger partial charge in [-0.15, -0.1) is 0 Å². The van der Waals surface area contributed by atoms with Gasteiger partial charge in [0.25, 0.3) is 0 Å². The van der Waals surface area contributed by atoms with Crippen molar-refractivity contribution < 1.29 is 0 Å². The fourth-order valence-electron chi connectivity index (χ4n) is 6.90. The molecule has 0 unspecified atom stereocenters. The van der Waals surface area contributed by atoms with Crippen LogP contribution in [0.15, 0.2) is 152 Å². The van der Waals surface area contributed by atoms with Crippen LogP contribution in [0.5, 0.6) is 0 Å². The number of aryl methyl sites for hydroxylation is 2. The van der Waals surface area contributed by atoms with Gasteiger partial charge in [0.1, 0.15) is 0 Å². The summed E-state index contributed by atoms with van der Waals surface area (Å²) in [7, 11) is 0. The lowest BCUT2D eigenvalue weighted by Gasteiger charge is -2.29. The summed E-state index contributed by atoms with van der Waals surface area (Å²) in [6.45, 7) is 4.43. The molecule has 8 aromatic carbocycles. The van der Waals surface area contributed by atoms with Gasteiger partial charge in [-0.05, 0) is 106 Å². The Bertz CT molecular complexity index is 2120. The molecule has 8 rings (SSSR count). The number of benzene rings is 8. The van der Waals surface area contributed by atoms with Crippen molar-refractivity contribution >= 4 is 66.4 Å². The molecule has 0 amide bonds. The van der Waals surface area contributed by atoms with Gasteiger partial charge in [0.15, 0.2) is 0 Å². The van der Waals surface area contributed by atoms with Gasteiger partial charge in [-0.25, -0.2) is 0 Å². The standard InChI is InChI=1S/C44H35N2/c1-3-31-13-11-19-37(29-31)45(35-15-7-5-8-16-35)41-27-23-33-22-26-40-42(28-24-34-21-25-39(41)43(33)44(34)40)46(36-17-9-6-10-18-36)38-20-12-14-32(4-2)30-38/h5-27,29-30H,3-4H2,1-2H3. The third kappa shape index (κ3) is 4.74. The number of anilines is 6. The molecular formula is C44H35N2. The molecule has 0 saturated carbocycles. The SMILES string of the molecule is CCc1cccc(N(c2ccccc2)c2[c]cc3ccc4c(N(c5ccccc5)c5cccc(CC)c5)ccc5ccc2c3c54)c1. The van der Waals surface area contributed by atoms with Gasteiger partial charge in [0.2, 0.25) is 0 Å². The van der Waals surface area contributed by atoms with Gasteiger partial charge in [-0.2, -0.15) is 0 Å². The van der Waals surface area contributed by atoms with Crippen molar-refractivity contribution in [2.45, 2.75) is 26.7 Å². The van der Waals surface area contributed by atoms with E-state index in [0.29, 0.717) is 0 Å². The zero-order chi connectivity index (χ0) is 31.0. The highest BCUT2D eigenvalue weighted by Crippen LogP contribution is 2.47. The van der Waals surface area contributed by atoms with Gasteiger partial charge >= 0.3 is 0 Å². The maximum absolute atomic E-state index is 3.73. The normalized spacial score (nSPS) is 11.4. The van der Waals surface area contributed by atoms with Crippen molar-refractivity contribution in [3.63, 3.8) is 0 Å². The average molecular weight is 592 g/mol. The highest BCUT2D eigenvalue weighted by Gasteiger charge is 2.22. The van der Waals surface area contributed by atoms with Crippen molar-refractivity contribution in [3.8, 4) is 0 Å². The number of para-hydroxylation sites is 2. The number of hydrogen-bond acceptors (Lipinski definition) is 2. The summed E-state index contributed by atoms with van der Waals surface area (Å²) in [6, 6.07) is 58.8. The van der Waals surface area contributed by atoms with Crippen LogP contribution in [0, 0.1) is 6.07 Å². The molecule has 0 atom stereocenters. The number of nitrogens with zero attached hydrogens (tertiary/aromatic N) is 2. The van der Waals surface area contributed by atoms with E-state index >= 15 is 0 Å². The van der Waals surface area contributed by atoms with Crippen LogP contribution in [-0.2, 0) is 12.8 Å². The maximum atomic E-state index is 3.73. The van der Waals surface area contributed by atoms with E-state index in [9.17, 15) is 0 Å². The van der Waals surface area contributed by atoms with E-state index in [0.717, 1.165) is 35.6 Å². The summed E-state index contributed by atoms with van der Waals surface area (Å²) in [5.74, 6) is 0. The minimum atomic E-state index is 0.987. The van der Waals surface area contributed by atoms with Crippen molar-refractivity contribution in [2.24, 2.45) is 0 Å². The van der Waals surface area contributed by atoms with Gasteiger partial charge in [0, 0.05) is 39.6 Å². The van der Waals surface area contributed by atoms with E-state index in [1.54, 1.807) is 0 Å². The van der Waals surface area contributed by atoms with E-state index in [2.05, 4.69) is 181 Å². The first-order chi connectivity index (χ1) is 22.7. The Morgan fingerprint density at radius 1 is 0.457 bits per heavy atom. The molecule has 0 aliphatic rings. The molecule has 0 saturated heterocycles. The minimum Gasteiger partial charge on any atom is -0.310 e. The summed E-state index contributed by atoms with van der Waals surface area (Å²) in [6.07, 6.45) is 1.98. The molecule has 0 spiro atoms. The van der Waals surface area contributed by atoms with Crippen LogP contribution in [0.4, 0.5) is 34.1 Å². The Labute approximate surface area is 271 Å². The van der Waals surface area contributed by atoms with Crippen LogP contribution in [0.2, 0.25) is 0 Å². The van der Waals surface area contributed by atoms with E-state index in [1.165, 1.54) is 54.8 Å².